The topological polar surface area (TPSA) is 86.2 Å². The highest BCUT2D eigenvalue weighted by Gasteiger charge is 2.26. The van der Waals surface area contributed by atoms with Gasteiger partial charge in [-0.2, -0.15) is 0 Å². The van der Waals surface area contributed by atoms with Crippen LogP contribution in [0, 0.1) is 0 Å². The predicted molar refractivity (Wildman–Crippen MR) is 249 cm³/mol. The maximum Gasteiger partial charge on any atom is 0.164 e. The van der Waals surface area contributed by atoms with E-state index in [0.29, 0.717) is 34.9 Å². The Morgan fingerprint density at radius 2 is 0.532 bits per heavy atom. The third-order valence-electron chi connectivity index (χ3n) is 12.0. The normalized spacial score (nSPS) is 11.9. The number of benzene rings is 8. The van der Waals surface area contributed by atoms with Crippen molar-refractivity contribution in [3.8, 4) is 68.3 Å². The summed E-state index contributed by atoms with van der Waals surface area (Å²) >= 11 is 0. The maximum absolute atomic E-state index is 5.21. The fraction of sp³-hybridized carbons (Fsp3) is 0. The molecule has 0 unspecified atom stereocenters. The molecule has 0 aliphatic carbocycles. The van der Waals surface area contributed by atoms with Crippen molar-refractivity contribution in [3.05, 3.63) is 194 Å². The van der Waals surface area contributed by atoms with Gasteiger partial charge >= 0.3 is 0 Å². The molecule has 5 heterocycles. The summed E-state index contributed by atoms with van der Waals surface area (Å²) in [6.07, 6.45) is 0. The Kier molecular flexibility index (Phi) is 7.43. The van der Waals surface area contributed by atoms with Gasteiger partial charge < -0.3 is 8.80 Å². The first-order chi connectivity index (χ1) is 30.8. The molecule has 0 fully saturated rings. The molecular weight excluding hydrogens is 761 g/mol. The van der Waals surface area contributed by atoms with Gasteiger partial charge in [0, 0.05) is 54.9 Å². The van der Waals surface area contributed by atoms with Gasteiger partial charge in [-0.25, -0.2) is 29.9 Å². The van der Waals surface area contributed by atoms with Gasteiger partial charge in [0.2, 0.25) is 0 Å². The van der Waals surface area contributed by atoms with Crippen LogP contribution in [0.25, 0.3) is 123 Å². The molecule has 0 saturated carbocycles. The quantitative estimate of drug-likeness (QED) is 0.156. The van der Waals surface area contributed by atoms with Gasteiger partial charge in [-0.1, -0.05) is 158 Å². The molecule has 5 aromatic heterocycles. The highest BCUT2D eigenvalue weighted by Crippen LogP contribution is 2.46. The number of rotatable bonds is 6. The molecule has 0 atom stereocenters. The average molecular weight is 793 g/mol. The van der Waals surface area contributed by atoms with Crippen molar-refractivity contribution in [1.82, 2.24) is 38.7 Å². The molecule has 8 aromatic carbocycles. The van der Waals surface area contributed by atoms with Crippen LogP contribution in [0.15, 0.2) is 194 Å². The van der Waals surface area contributed by atoms with Crippen molar-refractivity contribution in [2.24, 2.45) is 0 Å². The number of nitrogens with zero attached hydrogens (tertiary/aromatic N) is 8. The summed E-state index contributed by atoms with van der Waals surface area (Å²) in [6, 6.07) is 66.7. The van der Waals surface area contributed by atoms with Gasteiger partial charge in [-0.15, -0.1) is 0 Å². The van der Waals surface area contributed by atoms with Gasteiger partial charge in [0.25, 0.3) is 0 Å². The lowest BCUT2D eigenvalue weighted by atomic mass is 10.0. The fourth-order valence-electron chi connectivity index (χ4n) is 9.25. The zero-order chi connectivity index (χ0) is 40.7. The first-order valence-corrected chi connectivity index (χ1v) is 20.6. The highest BCUT2D eigenvalue weighted by molar-refractivity contribution is 6.26. The van der Waals surface area contributed by atoms with Crippen LogP contribution in [0.1, 0.15) is 0 Å². The van der Waals surface area contributed by atoms with E-state index in [2.05, 4.69) is 81.6 Å². The van der Waals surface area contributed by atoms with E-state index in [1.165, 1.54) is 0 Å². The third-order valence-corrected chi connectivity index (χ3v) is 12.0. The molecule has 0 saturated heterocycles. The van der Waals surface area contributed by atoms with E-state index in [1.807, 2.05) is 121 Å². The van der Waals surface area contributed by atoms with Crippen LogP contribution < -0.4 is 0 Å². The number of hydrogen-bond donors (Lipinski definition) is 0. The SMILES string of the molecule is c1ccc(-c2nc(-c3ccccc3)nc(-c3ccc4c5c3c3ccccc3n5c3ccc(-c5nc(-c6ccccc6)nc(-c6ccccc6)n5)c5c6ccccc6n4c53)n2)cc1. The fourth-order valence-corrected chi connectivity index (χ4v) is 9.25. The Labute approximate surface area is 354 Å². The van der Waals surface area contributed by atoms with Crippen molar-refractivity contribution < 1.29 is 0 Å². The van der Waals surface area contributed by atoms with Crippen LogP contribution in [0.5, 0.6) is 0 Å². The summed E-state index contributed by atoms with van der Waals surface area (Å²) in [7, 11) is 0. The first-order valence-electron chi connectivity index (χ1n) is 20.6. The molecule has 0 radical (unpaired) electrons. The Morgan fingerprint density at radius 3 is 0.871 bits per heavy atom. The molecule has 8 nitrogen and oxygen atoms in total. The molecule has 288 valence electrons. The highest BCUT2D eigenvalue weighted by atomic mass is 15.1. The Balaban J connectivity index is 1.13. The molecule has 13 rings (SSSR count). The van der Waals surface area contributed by atoms with Crippen LogP contribution in [-0.4, -0.2) is 38.7 Å². The van der Waals surface area contributed by atoms with E-state index in [9.17, 15) is 0 Å². The summed E-state index contributed by atoms with van der Waals surface area (Å²) in [5.41, 5.74) is 12.1. The molecule has 0 amide bonds. The average Bonchev–Trinajstić information content (AvgIpc) is 3.89. The van der Waals surface area contributed by atoms with E-state index in [-0.39, 0.29) is 0 Å². The van der Waals surface area contributed by atoms with Crippen LogP contribution in [0.2, 0.25) is 0 Å². The van der Waals surface area contributed by atoms with Crippen LogP contribution in [0.4, 0.5) is 0 Å². The molecule has 13 aromatic rings. The minimum absolute atomic E-state index is 0.620. The summed E-state index contributed by atoms with van der Waals surface area (Å²) < 4.78 is 4.84. The Morgan fingerprint density at radius 1 is 0.242 bits per heavy atom. The number of hydrogen-bond acceptors (Lipinski definition) is 6. The Hall–Kier alpha value is -8.62. The number of fused-ring (bicyclic) bond motifs is 8. The summed E-state index contributed by atoms with van der Waals surface area (Å²) in [5.74, 6) is 3.75. The minimum atomic E-state index is 0.620. The zero-order valence-electron chi connectivity index (χ0n) is 33.1. The van der Waals surface area contributed by atoms with Gasteiger partial charge in [0.15, 0.2) is 34.9 Å². The lowest BCUT2D eigenvalue weighted by Crippen LogP contribution is -2.02. The monoisotopic (exact) mass is 792 g/mol. The second-order valence-corrected chi connectivity index (χ2v) is 15.5. The Bertz CT molecular complexity index is 3470. The molecule has 0 N–H and O–H groups in total. The van der Waals surface area contributed by atoms with Crippen molar-refractivity contribution >= 4 is 54.6 Å². The lowest BCUT2D eigenvalue weighted by molar-refractivity contribution is 1.08. The van der Waals surface area contributed by atoms with Crippen LogP contribution in [-0.2, 0) is 0 Å². The molecule has 0 aliphatic rings. The van der Waals surface area contributed by atoms with Crippen LogP contribution >= 0.6 is 0 Å². The summed E-state index contributed by atoms with van der Waals surface area (Å²) in [5, 5.41) is 4.40. The van der Waals surface area contributed by atoms with Crippen LogP contribution in [0.3, 0.4) is 0 Å². The van der Waals surface area contributed by atoms with E-state index < -0.39 is 0 Å². The van der Waals surface area contributed by atoms with Gasteiger partial charge in [-0.3, -0.25) is 0 Å². The van der Waals surface area contributed by atoms with Gasteiger partial charge in [0.1, 0.15) is 0 Å². The third kappa shape index (κ3) is 5.13. The van der Waals surface area contributed by atoms with E-state index in [4.69, 9.17) is 29.9 Å². The lowest BCUT2D eigenvalue weighted by Gasteiger charge is -2.15. The molecule has 0 bridgehead atoms. The van der Waals surface area contributed by atoms with Crippen molar-refractivity contribution in [2.45, 2.75) is 0 Å². The standard InChI is InChI=1S/C54H32N8/c1-5-17-33(18-6-1)49-55-50(34-19-7-2-8-20-34)58-53(57-49)39-29-31-43-47-45(39)37-25-13-15-27-41(37)61(47)44-32-30-40(46-38-26-14-16-28-42(38)62(43)48(44)46)54-59-51(35-21-9-3-10-22-35)56-52(60-54)36-23-11-4-12-24-36/h1-32H. The first kappa shape index (κ1) is 34.3. The van der Waals surface area contributed by atoms with Crippen molar-refractivity contribution in [2.75, 3.05) is 0 Å². The summed E-state index contributed by atoms with van der Waals surface area (Å²) in [4.78, 5) is 30.8. The van der Waals surface area contributed by atoms with Gasteiger partial charge in [-0.05, 0) is 36.4 Å². The molecule has 8 heteroatoms. The van der Waals surface area contributed by atoms with E-state index >= 15 is 0 Å². The molecule has 0 spiro atoms. The summed E-state index contributed by atoms with van der Waals surface area (Å²) in [6.45, 7) is 0. The second-order valence-electron chi connectivity index (χ2n) is 15.5. The zero-order valence-corrected chi connectivity index (χ0v) is 33.1. The largest absolute Gasteiger partial charge is 0.305 e. The number of para-hydroxylation sites is 2. The smallest absolute Gasteiger partial charge is 0.164 e. The molecular formula is C54H32N8. The predicted octanol–water partition coefficient (Wildman–Crippen LogP) is 12.6. The van der Waals surface area contributed by atoms with Crippen molar-refractivity contribution in [3.63, 3.8) is 0 Å². The minimum Gasteiger partial charge on any atom is -0.305 e. The van der Waals surface area contributed by atoms with E-state index in [1.54, 1.807) is 0 Å². The van der Waals surface area contributed by atoms with Gasteiger partial charge in [0.05, 0.1) is 33.1 Å². The maximum atomic E-state index is 5.21. The second kappa shape index (κ2) is 13.5. The molecule has 0 aliphatic heterocycles. The van der Waals surface area contributed by atoms with Crippen molar-refractivity contribution in [1.29, 1.82) is 0 Å². The molecule has 62 heavy (non-hydrogen) atoms. The number of aromatic nitrogens is 8. The van der Waals surface area contributed by atoms with E-state index in [0.717, 1.165) is 88.0 Å².